The van der Waals surface area contributed by atoms with Crippen LogP contribution in [-0.2, 0) is 9.05 Å². The minimum absolute atomic E-state index is 0.0105. The number of para-hydroxylation sites is 1. The van der Waals surface area contributed by atoms with E-state index in [1.807, 2.05) is 24.3 Å². The highest BCUT2D eigenvalue weighted by molar-refractivity contribution is 8.14. The van der Waals surface area contributed by atoms with Crippen LogP contribution in [0.25, 0.3) is 0 Å². The molecule has 15 heavy (non-hydrogen) atoms. The molecular formula is C10H11ClO3S. The Hall–Kier alpha value is -0.740. The molecule has 5 heteroatoms. The fraction of sp³-hybridized carbons (Fsp3) is 0.400. The molecule has 0 bridgehead atoms. The molecule has 2 atom stereocenters. The largest absolute Gasteiger partial charge is 0.496 e. The quantitative estimate of drug-likeness (QED) is 0.768. The Kier molecular flexibility index (Phi) is 2.64. The van der Waals surface area contributed by atoms with Gasteiger partial charge in [0.2, 0.25) is 9.05 Å². The molecule has 0 amide bonds. The smallest absolute Gasteiger partial charge is 0.236 e. The molecule has 1 aromatic carbocycles. The first-order valence-corrected chi connectivity index (χ1v) is 6.97. The van der Waals surface area contributed by atoms with Gasteiger partial charge >= 0.3 is 0 Å². The van der Waals surface area contributed by atoms with Gasteiger partial charge in [0.1, 0.15) is 5.75 Å². The van der Waals surface area contributed by atoms with Crippen LogP contribution in [0.2, 0.25) is 0 Å². The van der Waals surface area contributed by atoms with Crippen LogP contribution in [0.4, 0.5) is 0 Å². The van der Waals surface area contributed by atoms with Gasteiger partial charge in [-0.2, -0.15) is 0 Å². The fourth-order valence-electron chi connectivity index (χ4n) is 1.78. The second-order valence-corrected chi connectivity index (χ2v) is 6.45. The van der Waals surface area contributed by atoms with Crippen molar-refractivity contribution in [1.29, 1.82) is 0 Å². The number of methoxy groups -OCH3 is 1. The highest BCUT2D eigenvalue weighted by Gasteiger charge is 2.48. The molecule has 2 rings (SSSR count). The van der Waals surface area contributed by atoms with Gasteiger partial charge in [0.25, 0.3) is 0 Å². The monoisotopic (exact) mass is 246 g/mol. The summed E-state index contributed by atoms with van der Waals surface area (Å²) in [5, 5.41) is -0.449. The molecule has 0 heterocycles. The van der Waals surface area contributed by atoms with Crippen LogP contribution in [0.15, 0.2) is 24.3 Å². The van der Waals surface area contributed by atoms with E-state index in [0.29, 0.717) is 6.42 Å². The Morgan fingerprint density at radius 1 is 1.40 bits per heavy atom. The summed E-state index contributed by atoms with van der Waals surface area (Å²) in [5.74, 6) is 0.717. The second kappa shape index (κ2) is 3.68. The number of ether oxygens (including phenoxy) is 1. The third-order valence-electron chi connectivity index (χ3n) is 2.63. The zero-order chi connectivity index (χ0) is 11.1. The molecule has 1 saturated carbocycles. The van der Waals surface area contributed by atoms with Crippen molar-refractivity contribution in [2.75, 3.05) is 7.11 Å². The molecule has 1 fully saturated rings. The van der Waals surface area contributed by atoms with Gasteiger partial charge in [-0.05, 0) is 18.1 Å². The highest BCUT2D eigenvalue weighted by Crippen LogP contribution is 2.49. The van der Waals surface area contributed by atoms with Crippen LogP contribution in [-0.4, -0.2) is 20.8 Å². The van der Waals surface area contributed by atoms with Gasteiger partial charge in [0.05, 0.1) is 12.4 Å². The van der Waals surface area contributed by atoms with E-state index < -0.39 is 14.3 Å². The van der Waals surface area contributed by atoms with Crippen molar-refractivity contribution in [3.8, 4) is 5.75 Å². The average molecular weight is 247 g/mol. The Morgan fingerprint density at radius 2 is 2.07 bits per heavy atom. The molecule has 0 saturated heterocycles. The summed E-state index contributed by atoms with van der Waals surface area (Å²) >= 11 is 0. The normalized spacial score (nSPS) is 24.9. The predicted octanol–water partition coefficient (Wildman–Crippen LogP) is 2.12. The van der Waals surface area contributed by atoms with Gasteiger partial charge in [-0.25, -0.2) is 8.42 Å². The van der Waals surface area contributed by atoms with Gasteiger partial charge in [-0.1, -0.05) is 18.2 Å². The summed E-state index contributed by atoms with van der Waals surface area (Å²) in [5.41, 5.74) is 0.925. The maximum atomic E-state index is 11.1. The first-order chi connectivity index (χ1) is 7.04. The Morgan fingerprint density at radius 3 is 2.60 bits per heavy atom. The third kappa shape index (κ3) is 2.11. The van der Waals surface area contributed by atoms with E-state index in [0.717, 1.165) is 11.3 Å². The van der Waals surface area contributed by atoms with Crippen LogP contribution in [0.5, 0.6) is 5.75 Å². The average Bonchev–Trinajstić information content (AvgIpc) is 2.96. The molecule has 3 nitrogen and oxygen atoms in total. The zero-order valence-electron chi connectivity index (χ0n) is 8.18. The number of halogens is 1. The van der Waals surface area contributed by atoms with Crippen LogP contribution < -0.4 is 4.74 Å². The number of rotatable bonds is 3. The molecular weight excluding hydrogens is 236 g/mol. The van der Waals surface area contributed by atoms with E-state index in [9.17, 15) is 8.42 Å². The minimum Gasteiger partial charge on any atom is -0.496 e. The van der Waals surface area contributed by atoms with E-state index in [4.69, 9.17) is 15.4 Å². The first kappa shape index (κ1) is 10.8. The topological polar surface area (TPSA) is 43.4 Å². The van der Waals surface area contributed by atoms with Crippen LogP contribution in [0, 0.1) is 0 Å². The molecule has 0 aromatic heterocycles. The van der Waals surface area contributed by atoms with E-state index in [1.54, 1.807) is 7.11 Å². The van der Waals surface area contributed by atoms with Crippen molar-refractivity contribution in [3.05, 3.63) is 29.8 Å². The van der Waals surface area contributed by atoms with Gasteiger partial charge < -0.3 is 4.74 Å². The summed E-state index contributed by atoms with van der Waals surface area (Å²) in [6.07, 6.45) is 0.589. The lowest BCUT2D eigenvalue weighted by atomic mass is 10.1. The Balaban J connectivity index is 2.27. The Bertz CT molecular complexity index is 469. The summed E-state index contributed by atoms with van der Waals surface area (Å²) in [6.45, 7) is 0. The van der Waals surface area contributed by atoms with Crippen molar-refractivity contribution >= 4 is 19.7 Å². The molecule has 0 radical (unpaired) electrons. The molecule has 0 N–H and O–H groups in total. The third-order valence-corrected chi connectivity index (χ3v) is 4.56. The SMILES string of the molecule is COc1ccccc1C1CC1S(=O)(=O)Cl. The lowest BCUT2D eigenvalue weighted by Gasteiger charge is -2.06. The second-order valence-electron chi connectivity index (χ2n) is 3.60. The van der Waals surface area contributed by atoms with Crippen molar-refractivity contribution in [2.24, 2.45) is 0 Å². The maximum Gasteiger partial charge on any atom is 0.236 e. The standard InChI is InChI=1S/C10H11ClO3S/c1-14-9-5-3-2-4-7(9)8-6-10(8)15(11,12)13/h2-5,8,10H,6H2,1H3. The summed E-state index contributed by atoms with van der Waals surface area (Å²) in [4.78, 5) is 0. The van der Waals surface area contributed by atoms with Crippen molar-refractivity contribution in [3.63, 3.8) is 0 Å². The van der Waals surface area contributed by atoms with Crippen molar-refractivity contribution in [2.45, 2.75) is 17.6 Å². The van der Waals surface area contributed by atoms with E-state index in [-0.39, 0.29) is 5.92 Å². The zero-order valence-corrected chi connectivity index (χ0v) is 9.75. The van der Waals surface area contributed by atoms with Crippen LogP contribution in [0.1, 0.15) is 17.9 Å². The van der Waals surface area contributed by atoms with E-state index >= 15 is 0 Å². The molecule has 0 aliphatic heterocycles. The highest BCUT2D eigenvalue weighted by atomic mass is 35.7. The molecule has 1 aliphatic rings. The maximum absolute atomic E-state index is 11.1. The van der Waals surface area contributed by atoms with Gasteiger partial charge in [0.15, 0.2) is 0 Å². The van der Waals surface area contributed by atoms with Crippen LogP contribution >= 0.6 is 10.7 Å². The van der Waals surface area contributed by atoms with Crippen molar-refractivity contribution < 1.29 is 13.2 Å². The Labute approximate surface area is 93.4 Å². The number of hydrogen-bond acceptors (Lipinski definition) is 3. The summed E-state index contributed by atoms with van der Waals surface area (Å²) in [7, 11) is 3.44. The first-order valence-electron chi connectivity index (χ1n) is 4.60. The van der Waals surface area contributed by atoms with Gasteiger partial charge in [-0.15, -0.1) is 0 Å². The van der Waals surface area contributed by atoms with E-state index in [1.165, 1.54) is 0 Å². The minimum atomic E-state index is -3.44. The summed E-state index contributed by atoms with van der Waals surface area (Å²) < 4.78 is 27.4. The number of benzene rings is 1. The van der Waals surface area contributed by atoms with Crippen LogP contribution in [0.3, 0.4) is 0 Å². The lowest BCUT2D eigenvalue weighted by Crippen LogP contribution is -2.00. The molecule has 1 aromatic rings. The molecule has 1 aliphatic carbocycles. The van der Waals surface area contributed by atoms with E-state index in [2.05, 4.69) is 0 Å². The van der Waals surface area contributed by atoms with Gasteiger partial charge in [0, 0.05) is 16.6 Å². The van der Waals surface area contributed by atoms with Crippen molar-refractivity contribution in [1.82, 2.24) is 0 Å². The predicted molar refractivity (Wildman–Crippen MR) is 58.9 cm³/mol. The molecule has 82 valence electrons. The number of hydrogen-bond donors (Lipinski definition) is 0. The molecule has 0 spiro atoms. The summed E-state index contributed by atoms with van der Waals surface area (Å²) in [6, 6.07) is 7.43. The fourth-order valence-corrected chi connectivity index (χ4v) is 3.35. The lowest BCUT2D eigenvalue weighted by molar-refractivity contribution is 0.410. The van der Waals surface area contributed by atoms with Gasteiger partial charge in [-0.3, -0.25) is 0 Å². The molecule has 2 unspecified atom stereocenters.